The molecule has 0 atom stereocenters. The molecule has 0 N–H and O–H groups in total. The number of hydrogen-bond donors (Lipinski definition) is 0. The highest BCUT2D eigenvalue weighted by Gasteiger charge is 2.21. The van der Waals surface area contributed by atoms with E-state index in [0.717, 1.165) is 85.8 Å². The van der Waals surface area contributed by atoms with Gasteiger partial charge >= 0.3 is 0 Å². The lowest BCUT2D eigenvalue weighted by atomic mass is 9.92. The van der Waals surface area contributed by atoms with Crippen LogP contribution < -0.4 is 24.0 Å². The molecule has 62 heavy (non-hydrogen) atoms. The number of nitrogens with zero attached hydrogens (tertiary/aromatic N) is 2. The Morgan fingerprint density at radius 3 is 1.89 bits per heavy atom. The van der Waals surface area contributed by atoms with Crippen molar-refractivity contribution in [2.75, 3.05) is 31.1 Å². The van der Waals surface area contributed by atoms with Crippen LogP contribution in [0.15, 0.2) is 182 Å². The van der Waals surface area contributed by atoms with E-state index in [4.69, 9.17) is 14.2 Å². The molecule has 1 aliphatic carbocycles. The van der Waals surface area contributed by atoms with Crippen LogP contribution in [0, 0.1) is 26.0 Å². The van der Waals surface area contributed by atoms with Crippen molar-refractivity contribution in [2.45, 2.75) is 26.7 Å². The third-order valence-corrected chi connectivity index (χ3v) is 11.2. The summed E-state index contributed by atoms with van der Waals surface area (Å²) in [5, 5.41) is 2.31. The third kappa shape index (κ3) is 9.06. The second kappa shape index (κ2) is 19.1. The summed E-state index contributed by atoms with van der Waals surface area (Å²) in [6, 6.07) is 55.2. The van der Waals surface area contributed by atoms with Gasteiger partial charge in [-0.1, -0.05) is 115 Å². The maximum Gasteiger partial charge on any atom is 0.170 e. The number of aryl methyl sites for hydroxylation is 2. The minimum Gasteiger partial charge on any atom is -0.497 e. The first-order valence-electron chi connectivity index (χ1n) is 20.9. The molecule has 7 aromatic carbocycles. The van der Waals surface area contributed by atoms with E-state index in [9.17, 15) is 0 Å². The Bertz CT molecular complexity index is 2760. The lowest BCUT2D eigenvalue weighted by Gasteiger charge is -2.30. The fourth-order valence-electron chi connectivity index (χ4n) is 7.94. The van der Waals surface area contributed by atoms with Gasteiger partial charge in [-0.2, -0.15) is 0 Å². The Balaban J connectivity index is 1.10. The number of anilines is 5. The average Bonchev–Trinajstić information content (AvgIpc) is 3.33. The van der Waals surface area contributed by atoms with Crippen LogP contribution in [0.25, 0.3) is 28.5 Å². The second-order valence-electron chi connectivity index (χ2n) is 15.1. The monoisotopic (exact) mass is 810 g/mol. The van der Waals surface area contributed by atoms with Crippen molar-refractivity contribution in [1.29, 1.82) is 0 Å². The topological polar surface area (TPSA) is 34.2 Å². The number of fused-ring (bicyclic) bond motifs is 1. The largest absolute Gasteiger partial charge is 0.497 e. The molecule has 0 bridgehead atoms. The predicted octanol–water partition coefficient (Wildman–Crippen LogP) is 14.7. The molecule has 0 saturated carbocycles. The number of rotatable bonds is 14. The van der Waals surface area contributed by atoms with Gasteiger partial charge in [0.15, 0.2) is 5.75 Å². The van der Waals surface area contributed by atoms with E-state index in [1.54, 1.807) is 21.3 Å². The second-order valence-corrected chi connectivity index (χ2v) is 15.1. The minimum atomic E-state index is 0.646. The zero-order valence-corrected chi connectivity index (χ0v) is 35.9. The molecule has 1 aliphatic rings. The maximum absolute atomic E-state index is 5.58. The van der Waals surface area contributed by atoms with Gasteiger partial charge in [0, 0.05) is 34.2 Å². The van der Waals surface area contributed by atoms with Crippen LogP contribution in [0.3, 0.4) is 0 Å². The molecule has 7 aromatic rings. The van der Waals surface area contributed by atoms with Crippen molar-refractivity contribution in [1.82, 2.24) is 0 Å². The first-order valence-corrected chi connectivity index (χ1v) is 20.9. The van der Waals surface area contributed by atoms with Gasteiger partial charge in [0.2, 0.25) is 0 Å². The fraction of sp³-hybridized carbons (Fsp3) is 0.123. The smallest absolute Gasteiger partial charge is 0.170 e. The number of allylic oxidation sites excluding steroid dienone is 7. The van der Waals surface area contributed by atoms with Gasteiger partial charge < -0.3 is 24.0 Å². The molecule has 0 aliphatic heterocycles. The fourth-order valence-corrected chi connectivity index (χ4v) is 7.94. The van der Waals surface area contributed by atoms with E-state index in [1.165, 1.54) is 16.7 Å². The quantitative estimate of drug-likeness (QED) is 0.102. The molecule has 0 fully saturated rings. The lowest BCUT2D eigenvalue weighted by molar-refractivity contribution is 0.414. The van der Waals surface area contributed by atoms with Crippen LogP contribution in [0.4, 0.5) is 28.4 Å². The van der Waals surface area contributed by atoms with Crippen molar-refractivity contribution < 1.29 is 14.2 Å². The molecule has 306 valence electrons. The van der Waals surface area contributed by atoms with E-state index in [-0.39, 0.29) is 0 Å². The highest BCUT2D eigenvalue weighted by Crippen LogP contribution is 2.44. The molecule has 0 unspecified atom stereocenters. The normalized spacial score (nSPS) is 12.7. The first-order chi connectivity index (χ1) is 30.4. The zero-order chi connectivity index (χ0) is 42.8. The van der Waals surface area contributed by atoms with Crippen molar-refractivity contribution in [2.24, 2.45) is 0 Å². The number of methoxy groups -OCH3 is 3. The van der Waals surface area contributed by atoms with Crippen molar-refractivity contribution >= 4 is 56.9 Å². The van der Waals surface area contributed by atoms with Gasteiger partial charge in [-0.15, -0.1) is 0 Å². The number of ether oxygens (including phenoxy) is 3. The van der Waals surface area contributed by atoms with E-state index in [0.29, 0.717) is 5.75 Å². The Morgan fingerprint density at radius 2 is 1.27 bits per heavy atom. The van der Waals surface area contributed by atoms with Crippen molar-refractivity contribution in [3.8, 4) is 17.2 Å². The van der Waals surface area contributed by atoms with Crippen molar-refractivity contribution in [3.05, 3.63) is 222 Å². The van der Waals surface area contributed by atoms with Crippen LogP contribution in [-0.2, 0) is 0 Å². The summed E-state index contributed by atoms with van der Waals surface area (Å²) in [5.41, 5.74) is 13.2. The Hall–Kier alpha value is -7.68. The maximum atomic E-state index is 5.58. The summed E-state index contributed by atoms with van der Waals surface area (Å²) < 4.78 is 16.6. The molecule has 5 heteroatoms. The standard InChI is InChI=1S/C57H50N2O3/c1-41-38-50(61-4)33-36-55(41)59(56-37-34-51(62-5)39-42(56)2)57-35-26-46(52-22-14-15-23-53(52)57)21-13-12-16-43-24-27-47(28-25-43)58(48-29-31-49(60-3)32-30-48)40-54(44-17-8-6-9-18-44)45-19-10-7-11-20-45/h6-10,12-19,21-29,31,33-40H,11,20H2,1-5H3/b16-12+,21-13+,54-40-. The van der Waals surface area contributed by atoms with Crippen LogP contribution >= 0.6 is 0 Å². The van der Waals surface area contributed by atoms with Gasteiger partial charge in [-0.25, -0.2) is 0 Å². The summed E-state index contributed by atoms with van der Waals surface area (Å²) >= 11 is 0. The van der Waals surface area contributed by atoms with Gasteiger partial charge in [0.1, 0.15) is 11.5 Å². The molecule has 8 rings (SSSR count). The minimum absolute atomic E-state index is 0.646. The van der Waals surface area contributed by atoms with Gasteiger partial charge in [-0.3, -0.25) is 0 Å². The van der Waals surface area contributed by atoms with Gasteiger partial charge in [-0.05, 0) is 144 Å². The van der Waals surface area contributed by atoms with Gasteiger partial charge in [0.05, 0.1) is 32.7 Å². The molecular formula is C57H50N2O3. The highest BCUT2D eigenvalue weighted by atomic mass is 16.5. The Kier molecular flexibility index (Phi) is 12.7. The summed E-state index contributed by atoms with van der Waals surface area (Å²) in [7, 11) is 5.06. The van der Waals surface area contributed by atoms with E-state index >= 15 is 0 Å². The van der Waals surface area contributed by atoms with E-state index in [1.807, 2.05) is 24.3 Å². The number of benzene rings is 6. The predicted molar refractivity (Wildman–Crippen MR) is 259 cm³/mol. The van der Waals surface area contributed by atoms with E-state index in [2.05, 4.69) is 200 Å². The van der Waals surface area contributed by atoms with Crippen LogP contribution in [0.5, 0.6) is 17.2 Å². The lowest BCUT2D eigenvalue weighted by Crippen LogP contribution is -2.13. The molecule has 0 aromatic heterocycles. The molecular weight excluding hydrogens is 761 g/mol. The molecule has 5 nitrogen and oxygen atoms in total. The SMILES string of the molecule is COc1c#cc(N(/C=C(\C2=CC=CCC2)c2ccccc2)c2ccc(/C=C/C=C/c3ccc(N(c4ccc(OC)cc4C)c4ccc(OC)cc4C)c4ccccc34)cc2)cc1. The first kappa shape index (κ1) is 41.1. The molecule has 0 spiro atoms. The third-order valence-electron chi connectivity index (χ3n) is 11.2. The summed E-state index contributed by atoms with van der Waals surface area (Å²) in [6.07, 6.45) is 19.4. The van der Waals surface area contributed by atoms with Crippen LogP contribution in [0.2, 0.25) is 0 Å². The van der Waals surface area contributed by atoms with E-state index < -0.39 is 0 Å². The molecule has 0 saturated heterocycles. The molecule has 0 radical (unpaired) electrons. The highest BCUT2D eigenvalue weighted by molar-refractivity contribution is 6.03. The zero-order valence-electron chi connectivity index (χ0n) is 35.9. The Labute approximate surface area is 366 Å². The molecule has 0 heterocycles. The van der Waals surface area contributed by atoms with Crippen molar-refractivity contribution in [3.63, 3.8) is 0 Å². The van der Waals surface area contributed by atoms with Crippen LogP contribution in [-0.4, -0.2) is 21.3 Å². The number of hydrogen-bond acceptors (Lipinski definition) is 5. The van der Waals surface area contributed by atoms with Gasteiger partial charge in [0.25, 0.3) is 0 Å². The summed E-state index contributed by atoms with van der Waals surface area (Å²) in [5.74, 6) is 2.30. The summed E-state index contributed by atoms with van der Waals surface area (Å²) in [6.45, 7) is 4.26. The van der Waals surface area contributed by atoms with Crippen LogP contribution in [0.1, 0.15) is 40.7 Å². The average molecular weight is 811 g/mol. The summed E-state index contributed by atoms with van der Waals surface area (Å²) in [4.78, 5) is 4.53. The molecule has 0 amide bonds. The Morgan fingerprint density at radius 1 is 0.613 bits per heavy atom.